The van der Waals surface area contributed by atoms with Crippen LogP contribution in [0.4, 0.5) is 0 Å². The van der Waals surface area contributed by atoms with E-state index in [1.807, 2.05) is 51.1 Å². The van der Waals surface area contributed by atoms with Gasteiger partial charge in [0.1, 0.15) is 11.5 Å². The summed E-state index contributed by atoms with van der Waals surface area (Å²) in [5, 5.41) is 0. The predicted octanol–water partition coefficient (Wildman–Crippen LogP) is 2.93. The Balaban J connectivity index is 2.31. The number of benzene rings is 1. The SMILES string of the molecule is Cc1occc1C(NN)c1cccc(OC(C)C)c1. The van der Waals surface area contributed by atoms with Gasteiger partial charge in [-0.3, -0.25) is 5.84 Å². The van der Waals surface area contributed by atoms with Gasteiger partial charge in [0.15, 0.2) is 0 Å². The second kappa shape index (κ2) is 5.91. The molecule has 2 rings (SSSR count). The van der Waals surface area contributed by atoms with Gasteiger partial charge in [0.25, 0.3) is 0 Å². The van der Waals surface area contributed by atoms with E-state index >= 15 is 0 Å². The maximum absolute atomic E-state index is 5.71. The first-order valence-corrected chi connectivity index (χ1v) is 6.38. The number of hydrogen-bond donors (Lipinski definition) is 2. The lowest BCUT2D eigenvalue weighted by atomic mass is 10.00. The minimum atomic E-state index is -0.102. The molecule has 0 bridgehead atoms. The van der Waals surface area contributed by atoms with Crippen LogP contribution in [0.1, 0.15) is 36.8 Å². The number of hydrogen-bond acceptors (Lipinski definition) is 4. The molecule has 0 spiro atoms. The maximum Gasteiger partial charge on any atom is 0.120 e. The fourth-order valence-electron chi connectivity index (χ4n) is 2.10. The molecule has 0 fully saturated rings. The number of nitrogens with two attached hydrogens (primary N) is 1. The highest BCUT2D eigenvalue weighted by molar-refractivity contribution is 5.37. The Morgan fingerprint density at radius 1 is 1.26 bits per heavy atom. The molecule has 0 saturated carbocycles. The molecule has 102 valence electrons. The van der Waals surface area contributed by atoms with Crippen molar-refractivity contribution in [2.45, 2.75) is 32.9 Å². The third-order valence-electron chi connectivity index (χ3n) is 2.94. The molecular formula is C15H20N2O2. The van der Waals surface area contributed by atoms with Crippen LogP contribution in [-0.2, 0) is 0 Å². The largest absolute Gasteiger partial charge is 0.491 e. The molecule has 0 radical (unpaired) electrons. The van der Waals surface area contributed by atoms with Crippen molar-refractivity contribution in [3.8, 4) is 5.75 Å². The minimum Gasteiger partial charge on any atom is -0.491 e. The van der Waals surface area contributed by atoms with E-state index in [0.717, 1.165) is 22.6 Å². The van der Waals surface area contributed by atoms with E-state index in [0.29, 0.717) is 0 Å². The lowest BCUT2D eigenvalue weighted by Gasteiger charge is -2.17. The van der Waals surface area contributed by atoms with Gasteiger partial charge in [0.2, 0.25) is 0 Å². The first-order valence-electron chi connectivity index (χ1n) is 6.38. The molecule has 0 amide bonds. The zero-order valence-electron chi connectivity index (χ0n) is 11.5. The summed E-state index contributed by atoms with van der Waals surface area (Å²) in [5.41, 5.74) is 4.90. The van der Waals surface area contributed by atoms with E-state index in [2.05, 4.69) is 5.43 Å². The third kappa shape index (κ3) is 3.16. The van der Waals surface area contributed by atoms with Gasteiger partial charge in [-0.05, 0) is 44.5 Å². The average Bonchev–Trinajstić information content (AvgIpc) is 2.77. The Hall–Kier alpha value is -1.78. The van der Waals surface area contributed by atoms with Crippen molar-refractivity contribution in [3.05, 3.63) is 53.5 Å². The van der Waals surface area contributed by atoms with E-state index in [1.165, 1.54) is 0 Å². The van der Waals surface area contributed by atoms with E-state index in [4.69, 9.17) is 15.0 Å². The Bertz CT molecular complexity index is 534. The van der Waals surface area contributed by atoms with Crippen molar-refractivity contribution >= 4 is 0 Å². The molecule has 19 heavy (non-hydrogen) atoms. The van der Waals surface area contributed by atoms with Gasteiger partial charge in [-0.2, -0.15) is 0 Å². The molecule has 3 N–H and O–H groups in total. The molecule has 1 atom stereocenters. The fraction of sp³-hybridized carbons (Fsp3) is 0.333. The molecule has 4 nitrogen and oxygen atoms in total. The molecule has 0 aliphatic carbocycles. The summed E-state index contributed by atoms with van der Waals surface area (Å²) in [6.07, 6.45) is 1.82. The number of aryl methyl sites for hydroxylation is 1. The lowest BCUT2D eigenvalue weighted by Crippen LogP contribution is -2.29. The minimum absolute atomic E-state index is 0.102. The van der Waals surface area contributed by atoms with E-state index < -0.39 is 0 Å². The normalized spacial score (nSPS) is 12.7. The fourth-order valence-corrected chi connectivity index (χ4v) is 2.10. The van der Waals surface area contributed by atoms with E-state index in [1.54, 1.807) is 6.26 Å². The van der Waals surface area contributed by atoms with Gasteiger partial charge >= 0.3 is 0 Å². The molecule has 4 heteroatoms. The molecule has 1 unspecified atom stereocenters. The summed E-state index contributed by atoms with van der Waals surface area (Å²) in [6, 6.07) is 9.75. The predicted molar refractivity (Wildman–Crippen MR) is 74.8 cm³/mol. The summed E-state index contributed by atoms with van der Waals surface area (Å²) < 4.78 is 11.0. The highest BCUT2D eigenvalue weighted by atomic mass is 16.5. The second-order valence-electron chi connectivity index (χ2n) is 4.77. The van der Waals surface area contributed by atoms with Crippen molar-refractivity contribution in [3.63, 3.8) is 0 Å². The molecule has 2 aromatic rings. The monoisotopic (exact) mass is 260 g/mol. The molecule has 1 aromatic carbocycles. The van der Waals surface area contributed by atoms with Gasteiger partial charge in [-0.1, -0.05) is 12.1 Å². The van der Waals surface area contributed by atoms with E-state index in [9.17, 15) is 0 Å². The quantitative estimate of drug-likeness (QED) is 0.641. The number of furan rings is 1. The highest BCUT2D eigenvalue weighted by Crippen LogP contribution is 2.27. The summed E-state index contributed by atoms with van der Waals surface area (Å²) in [7, 11) is 0. The number of hydrazine groups is 1. The highest BCUT2D eigenvalue weighted by Gasteiger charge is 2.17. The van der Waals surface area contributed by atoms with Gasteiger partial charge in [-0.15, -0.1) is 0 Å². The van der Waals surface area contributed by atoms with Crippen LogP contribution in [0.5, 0.6) is 5.75 Å². The van der Waals surface area contributed by atoms with Crippen LogP contribution in [0.3, 0.4) is 0 Å². The molecule has 1 heterocycles. The molecule has 0 aliphatic rings. The first kappa shape index (κ1) is 13.6. The zero-order valence-corrected chi connectivity index (χ0v) is 11.5. The van der Waals surface area contributed by atoms with Gasteiger partial charge in [0, 0.05) is 5.56 Å². The Morgan fingerprint density at radius 3 is 2.63 bits per heavy atom. The van der Waals surface area contributed by atoms with Gasteiger partial charge in [-0.25, -0.2) is 5.43 Å². The Kier molecular flexibility index (Phi) is 4.24. The van der Waals surface area contributed by atoms with Crippen molar-refractivity contribution in [2.75, 3.05) is 0 Å². The van der Waals surface area contributed by atoms with Crippen LogP contribution >= 0.6 is 0 Å². The van der Waals surface area contributed by atoms with Crippen molar-refractivity contribution < 1.29 is 9.15 Å². The van der Waals surface area contributed by atoms with Crippen LogP contribution in [-0.4, -0.2) is 6.10 Å². The van der Waals surface area contributed by atoms with Crippen LogP contribution in [0, 0.1) is 6.92 Å². The van der Waals surface area contributed by atoms with Crippen LogP contribution < -0.4 is 16.0 Å². The molecule has 1 aromatic heterocycles. The van der Waals surface area contributed by atoms with Crippen molar-refractivity contribution in [2.24, 2.45) is 5.84 Å². The Morgan fingerprint density at radius 2 is 2.05 bits per heavy atom. The third-order valence-corrected chi connectivity index (χ3v) is 2.94. The lowest BCUT2D eigenvalue weighted by molar-refractivity contribution is 0.242. The number of rotatable bonds is 5. The zero-order chi connectivity index (χ0) is 13.8. The first-order chi connectivity index (χ1) is 9.11. The van der Waals surface area contributed by atoms with E-state index in [-0.39, 0.29) is 12.1 Å². The van der Waals surface area contributed by atoms with Crippen molar-refractivity contribution in [1.29, 1.82) is 0 Å². The van der Waals surface area contributed by atoms with Crippen LogP contribution in [0.15, 0.2) is 41.0 Å². The topological polar surface area (TPSA) is 60.4 Å². The molecular weight excluding hydrogens is 240 g/mol. The average molecular weight is 260 g/mol. The van der Waals surface area contributed by atoms with Crippen molar-refractivity contribution in [1.82, 2.24) is 5.43 Å². The molecule has 0 aliphatic heterocycles. The summed E-state index contributed by atoms with van der Waals surface area (Å²) in [6.45, 7) is 5.94. The Labute approximate surface area is 113 Å². The second-order valence-corrected chi connectivity index (χ2v) is 4.77. The van der Waals surface area contributed by atoms with Crippen LogP contribution in [0.25, 0.3) is 0 Å². The van der Waals surface area contributed by atoms with Gasteiger partial charge < -0.3 is 9.15 Å². The summed E-state index contributed by atoms with van der Waals surface area (Å²) >= 11 is 0. The number of ether oxygens (including phenoxy) is 1. The van der Waals surface area contributed by atoms with Gasteiger partial charge in [0.05, 0.1) is 18.4 Å². The number of nitrogens with one attached hydrogen (secondary N) is 1. The standard InChI is InChI=1S/C15H20N2O2/c1-10(2)19-13-6-4-5-12(9-13)15(17-16)14-7-8-18-11(14)3/h4-10,15,17H,16H2,1-3H3. The summed E-state index contributed by atoms with van der Waals surface area (Å²) in [4.78, 5) is 0. The molecule has 0 saturated heterocycles. The smallest absolute Gasteiger partial charge is 0.120 e. The maximum atomic E-state index is 5.71. The van der Waals surface area contributed by atoms with Crippen LogP contribution in [0.2, 0.25) is 0 Å². The summed E-state index contributed by atoms with van der Waals surface area (Å²) in [5.74, 6) is 7.38.